The summed E-state index contributed by atoms with van der Waals surface area (Å²) < 4.78 is 17.9. The molecule has 3 rings (SSSR count). The number of carbonyl (C=O) groups excluding carboxylic acids is 1. The molecule has 2 heterocycles. The lowest BCUT2D eigenvalue weighted by Gasteiger charge is -2.23. The Labute approximate surface area is 174 Å². The van der Waals surface area contributed by atoms with Crippen LogP contribution < -0.4 is 11.0 Å². The van der Waals surface area contributed by atoms with Gasteiger partial charge in [-0.2, -0.15) is 4.98 Å². The first-order valence-electron chi connectivity index (χ1n) is 9.86. The molecule has 2 aromatic rings. The monoisotopic (exact) mass is 417 g/mol. The number of aliphatic hydroxyl groups is 1. The SMILES string of the molecule is CC[C@H]1O[C@@H](n2cc(C)c(NC(=O)c3ccccc3)nc2=O)[C@@H](OCCOC)C1O. The van der Waals surface area contributed by atoms with Gasteiger partial charge in [0.2, 0.25) is 0 Å². The van der Waals surface area contributed by atoms with Crippen LogP contribution in [0.2, 0.25) is 0 Å². The van der Waals surface area contributed by atoms with Crippen LogP contribution in [0, 0.1) is 6.92 Å². The van der Waals surface area contributed by atoms with Crippen LogP contribution in [-0.4, -0.2) is 59.2 Å². The fourth-order valence-corrected chi connectivity index (χ4v) is 3.37. The fourth-order valence-electron chi connectivity index (χ4n) is 3.37. The van der Waals surface area contributed by atoms with Crippen molar-refractivity contribution in [1.29, 1.82) is 0 Å². The van der Waals surface area contributed by atoms with E-state index in [2.05, 4.69) is 10.3 Å². The molecule has 0 saturated carbocycles. The molecule has 30 heavy (non-hydrogen) atoms. The normalized spacial score (nSPS) is 23.5. The zero-order valence-electron chi connectivity index (χ0n) is 17.3. The lowest BCUT2D eigenvalue weighted by molar-refractivity contribution is -0.0797. The minimum absolute atomic E-state index is 0.174. The second-order valence-corrected chi connectivity index (χ2v) is 7.07. The maximum atomic E-state index is 12.7. The molecular weight excluding hydrogens is 390 g/mol. The third-order valence-electron chi connectivity index (χ3n) is 4.99. The van der Waals surface area contributed by atoms with Crippen molar-refractivity contribution < 1.29 is 24.1 Å². The first-order valence-corrected chi connectivity index (χ1v) is 9.86. The van der Waals surface area contributed by atoms with Crippen molar-refractivity contribution in [3.05, 3.63) is 58.1 Å². The van der Waals surface area contributed by atoms with Crippen molar-refractivity contribution in [2.45, 2.75) is 44.8 Å². The number of aromatic nitrogens is 2. The van der Waals surface area contributed by atoms with Crippen LogP contribution in [0.5, 0.6) is 0 Å². The number of aliphatic hydroxyl groups excluding tert-OH is 1. The van der Waals surface area contributed by atoms with Crippen LogP contribution in [-0.2, 0) is 14.2 Å². The van der Waals surface area contributed by atoms with Gasteiger partial charge < -0.3 is 24.6 Å². The predicted molar refractivity (Wildman–Crippen MR) is 109 cm³/mol. The highest BCUT2D eigenvalue weighted by Crippen LogP contribution is 2.32. The van der Waals surface area contributed by atoms with Gasteiger partial charge in [-0.05, 0) is 25.5 Å². The molecule has 0 aliphatic carbocycles. The highest BCUT2D eigenvalue weighted by Gasteiger charge is 2.45. The Balaban J connectivity index is 1.84. The highest BCUT2D eigenvalue weighted by molar-refractivity contribution is 6.03. The molecule has 1 aromatic carbocycles. The number of carbonyl (C=O) groups is 1. The summed E-state index contributed by atoms with van der Waals surface area (Å²) in [6.07, 6.45) is -0.812. The molecule has 1 saturated heterocycles. The standard InChI is InChI=1S/C21H27N3O6/c1-4-15-16(25)17(29-11-10-28-3)20(30-15)24-12-13(2)18(23-21(24)27)22-19(26)14-8-6-5-7-9-14/h5-9,12,15-17,20,25H,4,10-11H2,1-3H3,(H,22,23,26,27)/t15-,16?,17+,20-/m1/s1. The van der Waals surface area contributed by atoms with Gasteiger partial charge in [0.05, 0.1) is 19.3 Å². The van der Waals surface area contributed by atoms with Gasteiger partial charge in [-0.25, -0.2) is 4.79 Å². The minimum Gasteiger partial charge on any atom is -0.388 e. The van der Waals surface area contributed by atoms with E-state index >= 15 is 0 Å². The van der Waals surface area contributed by atoms with Crippen molar-refractivity contribution in [3.8, 4) is 0 Å². The quantitative estimate of drug-likeness (QED) is 0.626. The van der Waals surface area contributed by atoms with Crippen LogP contribution in [0.25, 0.3) is 0 Å². The summed E-state index contributed by atoms with van der Waals surface area (Å²) in [5, 5.41) is 13.2. The summed E-state index contributed by atoms with van der Waals surface area (Å²) >= 11 is 0. The molecule has 1 amide bonds. The average molecular weight is 417 g/mol. The second kappa shape index (κ2) is 9.94. The van der Waals surface area contributed by atoms with Crippen LogP contribution in [0.3, 0.4) is 0 Å². The first-order chi connectivity index (χ1) is 14.5. The Hall–Kier alpha value is -2.59. The molecule has 1 aliphatic heterocycles. The second-order valence-electron chi connectivity index (χ2n) is 7.07. The number of nitrogens with zero attached hydrogens (tertiary/aromatic N) is 2. The molecule has 0 spiro atoms. The van der Waals surface area contributed by atoms with Gasteiger partial charge in [0, 0.05) is 24.4 Å². The number of methoxy groups -OCH3 is 1. The van der Waals surface area contributed by atoms with E-state index in [1.165, 1.54) is 4.57 Å². The average Bonchev–Trinajstić information content (AvgIpc) is 3.06. The van der Waals surface area contributed by atoms with Crippen molar-refractivity contribution in [3.63, 3.8) is 0 Å². The molecule has 0 bridgehead atoms. The fraction of sp³-hybridized carbons (Fsp3) is 0.476. The van der Waals surface area contributed by atoms with Crippen LogP contribution >= 0.6 is 0 Å². The summed E-state index contributed by atoms with van der Waals surface area (Å²) in [6, 6.07) is 8.67. The number of nitrogens with one attached hydrogen (secondary N) is 1. The Kier molecular flexibility index (Phi) is 7.33. The van der Waals surface area contributed by atoms with Crippen molar-refractivity contribution >= 4 is 11.7 Å². The van der Waals surface area contributed by atoms with E-state index < -0.39 is 30.2 Å². The van der Waals surface area contributed by atoms with Crippen LogP contribution in [0.1, 0.15) is 35.5 Å². The maximum absolute atomic E-state index is 12.7. The Morgan fingerprint density at radius 1 is 1.30 bits per heavy atom. The predicted octanol–water partition coefficient (Wildman–Crippen LogP) is 1.50. The van der Waals surface area contributed by atoms with Crippen molar-refractivity contribution in [1.82, 2.24) is 9.55 Å². The van der Waals surface area contributed by atoms with Crippen molar-refractivity contribution in [2.24, 2.45) is 0 Å². The van der Waals surface area contributed by atoms with Gasteiger partial charge >= 0.3 is 5.69 Å². The number of rotatable bonds is 8. The zero-order valence-corrected chi connectivity index (χ0v) is 17.3. The van der Waals surface area contributed by atoms with Gasteiger partial charge in [-0.15, -0.1) is 0 Å². The maximum Gasteiger partial charge on any atom is 0.351 e. The third-order valence-corrected chi connectivity index (χ3v) is 4.99. The topological polar surface area (TPSA) is 112 Å². The number of hydrogen-bond donors (Lipinski definition) is 2. The first kappa shape index (κ1) is 22.1. The van der Waals surface area contributed by atoms with E-state index in [1.54, 1.807) is 44.5 Å². The number of aryl methyl sites for hydroxylation is 1. The zero-order chi connectivity index (χ0) is 21.7. The smallest absolute Gasteiger partial charge is 0.351 e. The molecule has 162 valence electrons. The summed E-state index contributed by atoms with van der Waals surface area (Å²) in [7, 11) is 1.55. The van der Waals surface area contributed by atoms with Gasteiger partial charge in [0.25, 0.3) is 5.91 Å². The van der Waals surface area contributed by atoms with Crippen molar-refractivity contribution in [2.75, 3.05) is 25.6 Å². The van der Waals surface area contributed by atoms with Crippen LogP contribution in [0.4, 0.5) is 5.82 Å². The van der Waals surface area contributed by atoms with Crippen LogP contribution in [0.15, 0.2) is 41.3 Å². The van der Waals surface area contributed by atoms with Gasteiger partial charge in [-0.3, -0.25) is 9.36 Å². The number of benzene rings is 1. The largest absolute Gasteiger partial charge is 0.388 e. The molecule has 1 aliphatic rings. The Morgan fingerprint density at radius 3 is 2.70 bits per heavy atom. The summed E-state index contributed by atoms with van der Waals surface area (Å²) in [5.41, 5.74) is 0.424. The van der Waals surface area contributed by atoms with Gasteiger partial charge in [0.1, 0.15) is 18.0 Å². The van der Waals surface area contributed by atoms with Gasteiger partial charge in [-0.1, -0.05) is 25.1 Å². The number of ether oxygens (including phenoxy) is 3. The lowest BCUT2D eigenvalue weighted by atomic mass is 10.1. The summed E-state index contributed by atoms with van der Waals surface area (Å²) in [4.78, 5) is 29.1. The van der Waals surface area contributed by atoms with E-state index in [1.807, 2.05) is 13.0 Å². The molecule has 9 heteroatoms. The molecule has 9 nitrogen and oxygen atoms in total. The number of hydrogen-bond acceptors (Lipinski definition) is 7. The molecule has 1 fully saturated rings. The highest BCUT2D eigenvalue weighted by atomic mass is 16.6. The molecule has 0 radical (unpaired) electrons. The third kappa shape index (κ3) is 4.76. The molecule has 2 N–H and O–H groups in total. The van der Waals surface area contributed by atoms with E-state index in [4.69, 9.17) is 14.2 Å². The number of amides is 1. The molecule has 1 aromatic heterocycles. The minimum atomic E-state index is -0.887. The molecular formula is C21H27N3O6. The summed E-state index contributed by atoms with van der Waals surface area (Å²) in [6.45, 7) is 4.22. The van der Waals surface area contributed by atoms with E-state index in [-0.39, 0.29) is 18.3 Å². The van der Waals surface area contributed by atoms with E-state index in [9.17, 15) is 14.7 Å². The van der Waals surface area contributed by atoms with E-state index in [0.717, 1.165) is 0 Å². The Morgan fingerprint density at radius 2 is 2.03 bits per heavy atom. The summed E-state index contributed by atoms with van der Waals surface area (Å²) in [5.74, 6) is -0.185. The van der Waals surface area contributed by atoms with Gasteiger partial charge in [0.15, 0.2) is 6.23 Å². The van der Waals surface area contributed by atoms with E-state index in [0.29, 0.717) is 24.2 Å². The molecule has 1 unspecified atom stereocenters. The number of anilines is 1. The lowest BCUT2D eigenvalue weighted by Crippen LogP contribution is -2.38. The molecule has 4 atom stereocenters. The Bertz CT molecular complexity index is 917.